The zero-order valence-electron chi connectivity index (χ0n) is 7.92. The number of anilines is 2. The number of nitrogens with one attached hydrogen (secondary N) is 1. The standard InChI is InChI=1S/C10H6F2IN3/c11-7-2-1-3-8(12)9(7)16-10-14-4-6(13)5-15-10/h1-5H,(H,14,15,16). The van der Waals surface area contributed by atoms with Gasteiger partial charge < -0.3 is 5.32 Å². The fourth-order valence-corrected chi connectivity index (χ4v) is 1.38. The van der Waals surface area contributed by atoms with E-state index < -0.39 is 11.6 Å². The molecule has 1 aromatic carbocycles. The van der Waals surface area contributed by atoms with Crippen LogP contribution in [0, 0.1) is 15.2 Å². The summed E-state index contributed by atoms with van der Waals surface area (Å²) in [4.78, 5) is 7.79. The summed E-state index contributed by atoms with van der Waals surface area (Å²) in [6.07, 6.45) is 3.10. The van der Waals surface area contributed by atoms with Crippen LogP contribution in [0.5, 0.6) is 0 Å². The molecule has 6 heteroatoms. The minimum absolute atomic E-state index is 0.157. The summed E-state index contributed by atoms with van der Waals surface area (Å²) in [7, 11) is 0. The topological polar surface area (TPSA) is 37.8 Å². The average Bonchev–Trinajstić information content (AvgIpc) is 2.26. The van der Waals surface area contributed by atoms with Crippen LogP contribution in [0.25, 0.3) is 0 Å². The summed E-state index contributed by atoms with van der Waals surface area (Å²) >= 11 is 2.04. The molecular formula is C10H6F2IN3. The van der Waals surface area contributed by atoms with Crippen LogP contribution in [0.4, 0.5) is 20.4 Å². The molecule has 3 nitrogen and oxygen atoms in total. The van der Waals surface area contributed by atoms with E-state index in [1.165, 1.54) is 6.07 Å². The largest absolute Gasteiger partial charge is 0.319 e. The third-order valence-corrected chi connectivity index (χ3v) is 2.38. The van der Waals surface area contributed by atoms with Gasteiger partial charge in [-0.2, -0.15) is 0 Å². The van der Waals surface area contributed by atoms with Gasteiger partial charge in [-0.15, -0.1) is 0 Å². The molecule has 0 unspecified atom stereocenters. The van der Waals surface area contributed by atoms with Gasteiger partial charge in [-0.1, -0.05) is 6.07 Å². The molecule has 1 N–H and O–H groups in total. The quantitative estimate of drug-likeness (QED) is 0.859. The lowest BCUT2D eigenvalue weighted by atomic mass is 10.3. The number of benzene rings is 1. The van der Waals surface area contributed by atoms with E-state index in [1.54, 1.807) is 12.4 Å². The van der Waals surface area contributed by atoms with Gasteiger partial charge >= 0.3 is 0 Å². The molecule has 16 heavy (non-hydrogen) atoms. The first-order valence-electron chi connectivity index (χ1n) is 4.35. The molecule has 2 rings (SSSR count). The summed E-state index contributed by atoms with van der Waals surface area (Å²) in [5, 5.41) is 2.49. The van der Waals surface area contributed by atoms with Crippen molar-refractivity contribution in [2.45, 2.75) is 0 Å². The van der Waals surface area contributed by atoms with Gasteiger partial charge in [0, 0.05) is 16.0 Å². The fourth-order valence-electron chi connectivity index (χ4n) is 1.11. The fraction of sp³-hybridized carbons (Fsp3) is 0. The first kappa shape index (κ1) is 11.2. The van der Waals surface area contributed by atoms with Crippen molar-refractivity contribution in [2.75, 3.05) is 5.32 Å². The van der Waals surface area contributed by atoms with Gasteiger partial charge in [-0.05, 0) is 34.7 Å². The van der Waals surface area contributed by atoms with Crippen molar-refractivity contribution in [1.29, 1.82) is 0 Å². The number of hydrogen-bond donors (Lipinski definition) is 1. The molecule has 2 aromatic rings. The smallest absolute Gasteiger partial charge is 0.227 e. The highest BCUT2D eigenvalue weighted by Gasteiger charge is 2.09. The Bertz CT molecular complexity index is 482. The van der Waals surface area contributed by atoms with Crippen LogP contribution in [-0.2, 0) is 0 Å². The first-order valence-corrected chi connectivity index (χ1v) is 5.43. The second kappa shape index (κ2) is 4.69. The SMILES string of the molecule is Fc1cccc(F)c1Nc1ncc(I)cn1. The van der Waals surface area contributed by atoms with Gasteiger partial charge in [0.25, 0.3) is 0 Å². The number of halogens is 3. The Morgan fingerprint density at radius 1 is 1.06 bits per heavy atom. The van der Waals surface area contributed by atoms with Gasteiger partial charge in [-0.3, -0.25) is 0 Å². The van der Waals surface area contributed by atoms with E-state index in [9.17, 15) is 8.78 Å². The van der Waals surface area contributed by atoms with E-state index in [0.29, 0.717) is 0 Å². The molecule has 0 aliphatic rings. The molecule has 0 saturated heterocycles. The molecule has 0 bridgehead atoms. The lowest BCUT2D eigenvalue weighted by Crippen LogP contribution is -2.01. The zero-order chi connectivity index (χ0) is 11.5. The molecule has 0 saturated carbocycles. The van der Waals surface area contributed by atoms with E-state index in [-0.39, 0.29) is 11.6 Å². The summed E-state index contributed by atoms with van der Waals surface area (Å²) in [5.74, 6) is -1.20. The maximum Gasteiger partial charge on any atom is 0.227 e. The Morgan fingerprint density at radius 2 is 1.62 bits per heavy atom. The minimum atomic E-state index is -0.679. The second-order valence-corrected chi connectivity index (χ2v) is 4.19. The van der Waals surface area contributed by atoms with Gasteiger partial charge in [0.1, 0.15) is 17.3 Å². The van der Waals surface area contributed by atoms with Crippen LogP contribution in [0.2, 0.25) is 0 Å². The van der Waals surface area contributed by atoms with Crippen molar-refractivity contribution in [3.63, 3.8) is 0 Å². The molecule has 1 aromatic heterocycles. The maximum atomic E-state index is 13.3. The summed E-state index contributed by atoms with van der Waals surface area (Å²) in [6.45, 7) is 0. The average molecular weight is 333 g/mol. The molecule has 1 heterocycles. The lowest BCUT2D eigenvalue weighted by molar-refractivity contribution is 0.590. The second-order valence-electron chi connectivity index (χ2n) is 2.95. The van der Waals surface area contributed by atoms with Crippen molar-refractivity contribution in [1.82, 2.24) is 9.97 Å². The number of aromatic nitrogens is 2. The van der Waals surface area contributed by atoms with Crippen LogP contribution >= 0.6 is 22.6 Å². The normalized spacial score (nSPS) is 10.2. The van der Waals surface area contributed by atoms with Crippen LogP contribution in [0.15, 0.2) is 30.6 Å². The first-order chi connectivity index (χ1) is 7.66. The van der Waals surface area contributed by atoms with Crippen LogP contribution in [0.1, 0.15) is 0 Å². The Labute approximate surface area is 104 Å². The Balaban J connectivity index is 2.30. The molecule has 0 atom stereocenters. The molecule has 0 fully saturated rings. The Kier molecular flexibility index (Phi) is 3.28. The van der Waals surface area contributed by atoms with Crippen LogP contribution in [-0.4, -0.2) is 9.97 Å². The van der Waals surface area contributed by atoms with Gasteiger partial charge in [0.15, 0.2) is 0 Å². The molecule has 0 amide bonds. The van der Waals surface area contributed by atoms with Crippen molar-refractivity contribution < 1.29 is 8.78 Å². The zero-order valence-corrected chi connectivity index (χ0v) is 10.1. The van der Waals surface area contributed by atoms with Gasteiger partial charge in [0.05, 0.1) is 0 Å². The van der Waals surface area contributed by atoms with Crippen LogP contribution < -0.4 is 5.32 Å². The Morgan fingerprint density at radius 3 is 2.19 bits per heavy atom. The van der Waals surface area contributed by atoms with E-state index in [1.807, 2.05) is 22.6 Å². The molecule has 0 radical (unpaired) electrons. The van der Waals surface area contributed by atoms with E-state index in [4.69, 9.17) is 0 Å². The highest BCUT2D eigenvalue weighted by molar-refractivity contribution is 14.1. The van der Waals surface area contributed by atoms with E-state index >= 15 is 0 Å². The molecule has 0 aliphatic carbocycles. The third kappa shape index (κ3) is 2.43. The van der Waals surface area contributed by atoms with Crippen molar-refractivity contribution >= 4 is 34.2 Å². The monoisotopic (exact) mass is 333 g/mol. The lowest BCUT2D eigenvalue weighted by Gasteiger charge is -2.06. The van der Waals surface area contributed by atoms with Crippen LogP contribution in [0.3, 0.4) is 0 Å². The Hall–Kier alpha value is -1.31. The highest BCUT2D eigenvalue weighted by atomic mass is 127. The van der Waals surface area contributed by atoms with E-state index in [2.05, 4.69) is 15.3 Å². The molecule has 0 spiro atoms. The molecular weight excluding hydrogens is 327 g/mol. The predicted octanol–water partition coefficient (Wildman–Crippen LogP) is 3.10. The molecule has 0 aliphatic heterocycles. The number of nitrogens with zero attached hydrogens (tertiary/aromatic N) is 2. The highest BCUT2D eigenvalue weighted by Crippen LogP contribution is 2.20. The summed E-state index contributed by atoms with van der Waals surface area (Å²) in [5.41, 5.74) is -0.247. The van der Waals surface area contributed by atoms with Gasteiger partial charge in [0.2, 0.25) is 5.95 Å². The third-order valence-electron chi connectivity index (χ3n) is 1.82. The van der Waals surface area contributed by atoms with Crippen molar-refractivity contribution in [3.05, 3.63) is 45.8 Å². The minimum Gasteiger partial charge on any atom is -0.319 e. The summed E-state index contributed by atoms with van der Waals surface area (Å²) in [6, 6.07) is 3.63. The van der Waals surface area contributed by atoms with Gasteiger partial charge in [-0.25, -0.2) is 18.7 Å². The van der Waals surface area contributed by atoms with E-state index in [0.717, 1.165) is 15.7 Å². The maximum absolute atomic E-state index is 13.3. The number of para-hydroxylation sites is 1. The summed E-state index contributed by atoms with van der Waals surface area (Å²) < 4.78 is 27.4. The predicted molar refractivity (Wildman–Crippen MR) is 64.4 cm³/mol. The van der Waals surface area contributed by atoms with Crippen molar-refractivity contribution in [3.8, 4) is 0 Å². The number of hydrogen-bond acceptors (Lipinski definition) is 3. The number of rotatable bonds is 2. The van der Waals surface area contributed by atoms with Crippen molar-refractivity contribution in [2.24, 2.45) is 0 Å². The molecule has 82 valence electrons.